The predicted molar refractivity (Wildman–Crippen MR) is 155 cm³/mol. The molecule has 0 saturated carbocycles. The minimum Gasteiger partial charge on any atom is -0.147 e. The minimum absolute atomic E-state index is 0. The fourth-order valence-corrected chi connectivity index (χ4v) is 37.5. The van der Waals surface area contributed by atoms with Crippen LogP contribution in [0.2, 0.25) is 9.36 Å². The Labute approximate surface area is 217 Å². The maximum Gasteiger partial charge on any atom is -0.147 e. The van der Waals surface area contributed by atoms with Gasteiger partial charge in [-0.3, -0.25) is 0 Å². The second kappa shape index (κ2) is 8.59. The molecule has 2 unspecified atom stereocenters. The van der Waals surface area contributed by atoms with Crippen LogP contribution in [-0.2, 0) is 17.1 Å². The van der Waals surface area contributed by atoms with Crippen molar-refractivity contribution < 1.29 is 17.1 Å². The van der Waals surface area contributed by atoms with Crippen LogP contribution in [0.4, 0.5) is 0 Å². The van der Waals surface area contributed by atoms with Crippen molar-refractivity contribution in [3.63, 3.8) is 0 Å². The van der Waals surface area contributed by atoms with Crippen LogP contribution in [0.3, 0.4) is 0 Å². The topological polar surface area (TPSA) is 0 Å². The van der Waals surface area contributed by atoms with E-state index in [9.17, 15) is 0 Å². The van der Waals surface area contributed by atoms with Gasteiger partial charge in [-0.2, -0.15) is 0 Å². The van der Waals surface area contributed by atoms with Crippen LogP contribution < -0.4 is 0 Å². The van der Waals surface area contributed by atoms with Gasteiger partial charge in [0.2, 0.25) is 0 Å². The van der Waals surface area contributed by atoms with Gasteiger partial charge in [0.05, 0.1) is 0 Å². The van der Waals surface area contributed by atoms with Crippen LogP contribution in [0, 0.1) is 0 Å². The zero-order valence-electron chi connectivity index (χ0n) is 20.3. The number of hydrogen-bond acceptors (Lipinski definition) is 0. The molecular weight excluding hydrogens is 638 g/mol. The van der Waals surface area contributed by atoms with E-state index in [1.54, 1.807) is 22.3 Å². The van der Waals surface area contributed by atoms with E-state index < -0.39 is 17.1 Å². The van der Waals surface area contributed by atoms with Gasteiger partial charge in [-0.1, -0.05) is 0 Å². The van der Waals surface area contributed by atoms with Gasteiger partial charge in [0.25, 0.3) is 0 Å². The Morgan fingerprint density at radius 2 is 0.971 bits per heavy atom. The van der Waals surface area contributed by atoms with Crippen molar-refractivity contribution in [3.05, 3.63) is 106 Å². The molecule has 0 aliphatic heterocycles. The Morgan fingerprint density at radius 1 is 0.588 bits per heavy atom. The first-order chi connectivity index (χ1) is 15.2. The van der Waals surface area contributed by atoms with Gasteiger partial charge in [-0.05, 0) is 0 Å². The SMILES string of the molecule is CC1=Cc2ccc3ccccc3c2[CH]1[Hf]([CH3])([CH3])(=[SiH2])[CH]1C(C)=Cc2ccc3ccccc3c21.Cl.Cl. The van der Waals surface area contributed by atoms with E-state index in [-0.39, 0.29) is 24.8 Å². The smallest absolute Gasteiger partial charge is 0.147 e. The average Bonchev–Trinajstić information content (AvgIpc) is 3.30. The van der Waals surface area contributed by atoms with Crippen molar-refractivity contribution in [2.75, 3.05) is 0 Å². The molecule has 0 heterocycles. The fraction of sp³-hybridized carbons (Fsp3) is 0.200. The Balaban J connectivity index is 0.00000137. The average molecular weight is 670 g/mol. The molecule has 0 radical (unpaired) electrons. The molecule has 2 aliphatic rings. The van der Waals surface area contributed by atoms with E-state index >= 15 is 0 Å². The monoisotopic (exact) mass is 670 g/mol. The summed E-state index contributed by atoms with van der Waals surface area (Å²) in [5, 5.41) is 5.66. The van der Waals surface area contributed by atoms with Gasteiger partial charge in [0.1, 0.15) is 0 Å². The molecule has 2 aliphatic carbocycles. The molecule has 0 fully saturated rings. The first-order valence-electron chi connectivity index (χ1n) is 11.7. The molecule has 0 bridgehead atoms. The fourth-order valence-electron chi connectivity index (χ4n) is 7.24. The Kier molecular flexibility index (Phi) is 6.47. The minimum atomic E-state index is -3.61. The quantitative estimate of drug-likeness (QED) is 0.187. The summed E-state index contributed by atoms with van der Waals surface area (Å²) in [4.78, 5) is 0. The third-order valence-electron chi connectivity index (χ3n) is 8.16. The Morgan fingerprint density at radius 3 is 1.38 bits per heavy atom. The molecule has 34 heavy (non-hydrogen) atoms. The molecule has 6 rings (SSSR count). The predicted octanol–water partition coefficient (Wildman–Crippen LogP) is 8.79. The van der Waals surface area contributed by atoms with E-state index in [1.165, 1.54) is 32.7 Å². The first kappa shape index (κ1) is 25.6. The molecule has 174 valence electrons. The molecule has 4 aromatic carbocycles. The second-order valence-electron chi connectivity index (χ2n) is 11.2. The summed E-state index contributed by atoms with van der Waals surface area (Å²) in [5.74, 6) is 0. The zero-order valence-corrected chi connectivity index (χ0v) is 26.9. The number of halogens is 2. The summed E-state index contributed by atoms with van der Waals surface area (Å²) < 4.78 is 6.63. The Bertz CT molecular complexity index is 1480. The van der Waals surface area contributed by atoms with Gasteiger partial charge in [0, 0.05) is 0 Å². The summed E-state index contributed by atoms with van der Waals surface area (Å²) in [5.41, 5.74) is 9.26. The van der Waals surface area contributed by atoms with Crippen LogP contribution in [0.5, 0.6) is 0 Å². The molecular formula is C30H32Cl2HfSi. The van der Waals surface area contributed by atoms with Crippen molar-refractivity contribution in [1.82, 2.24) is 0 Å². The molecule has 0 spiro atoms. The third-order valence-corrected chi connectivity index (χ3v) is 33.8. The molecule has 0 amide bonds. The van der Waals surface area contributed by atoms with Gasteiger partial charge in [-0.25, -0.2) is 0 Å². The number of rotatable bonds is 2. The van der Waals surface area contributed by atoms with E-state index in [1.807, 2.05) is 0 Å². The zero-order chi connectivity index (χ0) is 22.3. The maximum atomic E-state index is 2.74. The van der Waals surface area contributed by atoms with E-state index in [4.69, 9.17) is 0 Å². The van der Waals surface area contributed by atoms with Crippen LogP contribution >= 0.6 is 24.8 Å². The third kappa shape index (κ3) is 3.56. The largest absolute Gasteiger partial charge is 0.147 e. The van der Waals surface area contributed by atoms with Crippen molar-refractivity contribution in [2.45, 2.75) is 30.6 Å². The van der Waals surface area contributed by atoms with Crippen molar-refractivity contribution >= 4 is 65.5 Å². The summed E-state index contributed by atoms with van der Waals surface area (Å²) in [7, 11) is 0. The molecule has 4 heteroatoms. The van der Waals surface area contributed by atoms with E-state index in [0.29, 0.717) is 7.35 Å². The van der Waals surface area contributed by atoms with Crippen molar-refractivity contribution in [1.29, 1.82) is 0 Å². The number of hydrogen-bond donors (Lipinski definition) is 0. The van der Waals surface area contributed by atoms with Crippen LogP contribution in [0.15, 0.2) is 83.9 Å². The summed E-state index contributed by atoms with van der Waals surface area (Å²) in [6.45, 7) is 7.24. The molecule has 2 atom stereocenters. The summed E-state index contributed by atoms with van der Waals surface area (Å²) in [6, 6.07) is 27.3. The van der Waals surface area contributed by atoms with Crippen molar-refractivity contribution in [3.8, 4) is 0 Å². The van der Waals surface area contributed by atoms with Gasteiger partial charge < -0.3 is 0 Å². The van der Waals surface area contributed by atoms with Crippen LogP contribution in [0.25, 0.3) is 33.7 Å². The number of allylic oxidation sites excluding steroid dienone is 2. The molecule has 0 aromatic heterocycles. The second-order valence-corrected chi connectivity index (χ2v) is 54.7. The molecule has 0 N–H and O–H groups in total. The van der Waals surface area contributed by atoms with Gasteiger partial charge in [-0.15, -0.1) is 24.8 Å². The molecule has 0 nitrogen and oxygen atoms in total. The normalized spacial score (nSPS) is 19.1. The molecule has 4 aromatic rings. The maximum absolute atomic E-state index is 3.61. The molecule has 0 saturated heterocycles. The van der Waals surface area contributed by atoms with Gasteiger partial charge in [0.15, 0.2) is 0 Å². The number of fused-ring (bicyclic) bond motifs is 6. The van der Waals surface area contributed by atoms with Crippen LogP contribution in [0.1, 0.15) is 43.5 Å². The number of benzene rings is 4. The summed E-state index contributed by atoms with van der Waals surface area (Å²) >= 11 is -3.61. The summed E-state index contributed by atoms with van der Waals surface area (Å²) in [6.07, 6.45) is 4.97. The van der Waals surface area contributed by atoms with Crippen molar-refractivity contribution in [2.24, 2.45) is 0 Å². The first-order valence-corrected chi connectivity index (χ1v) is 31.4. The van der Waals surface area contributed by atoms with E-state index in [2.05, 4.69) is 115 Å². The van der Waals surface area contributed by atoms with Crippen LogP contribution in [-0.4, -0.2) is 6.94 Å². The standard InChI is InChI=1S/2C14H11.2CH3.2ClH.Hf.H2Si/c2*1-10-8-12-7-6-11-4-2-3-5-13(11)14(12)9-10;;;;;;/h2*2-9H,1H3;2*1H3;2*1H;;1H2. The Hall–Kier alpha value is -1.45. The van der Waals surface area contributed by atoms with E-state index in [0.717, 1.165) is 0 Å². The van der Waals surface area contributed by atoms with Gasteiger partial charge >= 0.3 is 195 Å².